The number of rotatable bonds is 36. The first-order valence-electron chi connectivity index (χ1n) is 20.4. The molecule has 0 aliphatic rings. The zero-order valence-corrected chi connectivity index (χ0v) is 34.2. The number of amides is 1. The number of likely N-dealkylation sites (N-methyl/N-ethyl adjacent to an activating group) is 1. The molecule has 0 spiro atoms. The normalized spacial score (nSPS) is 16.0. The third kappa shape index (κ3) is 33.2. The molecule has 0 rings (SSSR count). The average molecular weight is 748 g/mol. The molecule has 0 saturated heterocycles. The van der Waals surface area contributed by atoms with E-state index in [2.05, 4.69) is 25.2 Å². The summed E-state index contributed by atoms with van der Waals surface area (Å²) in [5.41, 5.74) is 0. The molecule has 0 aliphatic carbocycles. The molecule has 0 aliphatic heterocycles. The lowest BCUT2D eigenvalue weighted by Gasteiger charge is -2.25. The molecule has 302 valence electrons. The Labute approximate surface area is 312 Å². The van der Waals surface area contributed by atoms with Gasteiger partial charge in [-0.15, -0.1) is 0 Å². The number of nitrogens with zero attached hydrogens (tertiary/aromatic N) is 1. The number of phosphoric ester groups is 1. The maximum atomic E-state index is 12.8. The molecule has 0 aromatic heterocycles. The molecule has 0 aromatic rings. The first-order chi connectivity index (χ1) is 24.3. The van der Waals surface area contributed by atoms with Gasteiger partial charge in [0.05, 0.1) is 52.1 Å². The number of allylic oxidation sites excluding steroid dienone is 2. The number of hydrogen-bond donors (Lipinski definition) is 5. The van der Waals surface area contributed by atoms with Crippen LogP contribution in [0.5, 0.6) is 0 Å². The number of hydrogen-bond acceptors (Lipinski definition) is 7. The van der Waals surface area contributed by atoms with E-state index in [9.17, 15) is 29.6 Å². The van der Waals surface area contributed by atoms with Gasteiger partial charge >= 0.3 is 7.82 Å². The van der Waals surface area contributed by atoms with Gasteiger partial charge in [0.25, 0.3) is 0 Å². The van der Waals surface area contributed by atoms with Crippen molar-refractivity contribution in [3.8, 4) is 0 Å². The lowest BCUT2D eigenvalue weighted by atomic mass is 10.0. The van der Waals surface area contributed by atoms with E-state index in [1.807, 2.05) is 33.3 Å². The summed E-state index contributed by atoms with van der Waals surface area (Å²) in [6.07, 6.45) is 28.3. The Balaban J connectivity index is 4.62. The van der Waals surface area contributed by atoms with Crippen LogP contribution >= 0.6 is 7.82 Å². The largest absolute Gasteiger partial charge is 0.472 e. The number of aliphatic hydroxyl groups excluding tert-OH is 3. The Kier molecular flexibility index (Phi) is 31.6. The Bertz CT molecular complexity index is 927. The molecule has 5 atom stereocenters. The van der Waals surface area contributed by atoms with Gasteiger partial charge < -0.3 is 30.0 Å². The highest BCUT2D eigenvalue weighted by Crippen LogP contribution is 2.43. The predicted molar refractivity (Wildman–Crippen MR) is 210 cm³/mol. The van der Waals surface area contributed by atoms with E-state index in [1.54, 1.807) is 6.08 Å². The van der Waals surface area contributed by atoms with Crippen LogP contribution in [0.15, 0.2) is 24.3 Å². The highest BCUT2D eigenvalue weighted by molar-refractivity contribution is 7.47. The molecule has 1 unspecified atom stereocenters. The zero-order valence-electron chi connectivity index (χ0n) is 33.3. The average Bonchev–Trinajstić information content (AvgIpc) is 3.07. The minimum absolute atomic E-state index is 0.0334. The standard InChI is InChI=1S/C40H79N2O8P/c1-6-8-10-12-14-15-16-17-18-19-22-25-29-37(43)36(35-50-51(47,48)49-34-33-42(3,4)5)41-40(46)32-28-24-20-23-27-31-39(45)38(44)30-26-21-13-11-9-7-2/h21,25-26,29,36-39,43-45H,6-20,22-24,27-28,30-35H2,1-5H3,(H-,41,46,47,48)/p+1/b26-21-,29-25+/t36-,37+,38-,39-/m0/s1. The van der Waals surface area contributed by atoms with Gasteiger partial charge in [-0.3, -0.25) is 13.8 Å². The fourth-order valence-corrected chi connectivity index (χ4v) is 6.39. The van der Waals surface area contributed by atoms with Gasteiger partial charge in [-0.25, -0.2) is 4.57 Å². The smallest absolute Gasteiger partial charge is 0.390 e. The third-order valence-electron chi connectivity index (χ3n) is 9.12. The predicted octanol–water partition coefficient (Wildman–Crippen LogP) is 8.52. The van der Waals surface area contributed by atoms with Crippen molar-refractivity contribution in [3.63, 3.8) is 0 Å². The highest BCUT2D eigenvalue weighted by atomic mass is 31.2. The highest BCUT2D eigenvalue weighted by Gasteiger charge is 2.27. The molecule has 0 fully saturated rings. The molecule has 5 N–H and O–H groups in total. The van der Waals surface area contributed by atoms with Gasteiger partial charge in [0.1, 0.15) is 13.2 Å². The first-order valence-corrected chi connectivity index (χ1v) is 21.9. The van der Waals surface area contributed by atoms with Crippen molar-refractivity contribution in [2.75, 3.05) is 40.9 Å². The summed E-state index contributed by atoms with van der Waals surface area (Å²) in [6.45, 7) is 4.59. The Morgan fingerprint density at radius 3 is 1.86 bits per heavy atom. The van der Waals surface area contributed by atoms with Crippen LogP contribution in [0.25, 0.3) is 0 Å². The van der Waals surface area contributed by atoms with E-state index in [0.717, 1.165) is 57.8 Å². The molecule has 11 heteroatoms. The molecule has 0 saturated carbocycles. The third-order valence-corrected chi connectivity index (χ3v) is 10.1. The molecule has 0 bridgehead atoms. The van der Waals surface area contributed by atoms with Crippen LogP contribution in [-0.4, -0.2) is 95.9 Å². The summed E-state index contributed by atoms with van der Waals surface area (Å²) in [5, 5.41) is 34.2. The summed E-state index contributed by atoms with van der Waals surface area (Å²) < 4.78 is 23.4. The van der Waals surface area contributed by atoms with E-state index >= 15 is 0 Å². The number of nitrogens with one attached hydrogen (secondary N) is 1. The fraction of sp³-hybridized carbons (Fsp3) is 0.875. The van der Waals surface area contributed by atoms with Crippen LogP contribution in [0.4, 0.5) is 0 Å². The number of phosphoric acid groups is 1. The Morgan fingerprint density at radius 1 is 0.706 bits per heavy atom. The SMILES string of the molecule is CCCCC/C=C\C[C@H](O)[C@@H](O)CCCCCCCC(=O)N[C@@H](COP(=O)(O)OCC[N+](C)(C)C)[C@H](O)/C=C/CCCCCCCCCCCC. The minimum atomic E-state index is -4.37. The van der Waals surface area contributed by atoms with E-state index in [-0.39, 0.29) is 25.5 Å². The van der Waals surface area contributed by atoms with Crippen molar-refractivity contribution in [3.05, 3.63) is 24.3 Å². The maximum Gasteiger partial charge on any atom is 0.472 e. The van der Waals surface area contributed by atoms with E-state index in [0.29, 0.717) is 30.3 Å². The van der Waals surface area contributed by atoms with Crippen molar-refractivity contribution < 1.29 is 43.1 Å². The van der Waals surface area contributed by atoms with Crippen LogP contribution in [0.2, 0.25) is 0 Å². The van der Waals surface area contributed by atoms with Crippen LogP contribution in [-0.2, 0) is 18.4 Å². The molecule has 0 aromatic carbocycles. The second kappa shape index (κ2) is 32.3. The van der Waals surface area contributed by atoms with Gasteiger partial charge in [0.15, 0.2) is 0 Å². The monoisotopic (exact) mass is 748 g/mol. The lowest BCUT2D eigenvalue weighted by molar-refractivity contribution is -0.870. The summed E-state index contributed by atoms with van der Waals surface area (Å²) in [4.78, 5) is 23.0. The number of carbonyl (C=O) groups is 1. The van der Waals surface area contributed by atoms with Crippen molar-refractivity contribution in [2.24, 2.45) is 0 Å². The molecule has 10 nitrogen and oxygen atoms in total. The van der Waals surface area contributed by atoms with E-state index in [4.69, 9.17) is 9.05 Å². The van der Waals surface area contributed by atoms with E-state index < -0.39 is 32.2 Å². The van der Waals surface area contributed by atoms with Gasteiger partial charge in [-0.05, 0) is 44.9 Å². The zero-order chi connectivity index (χ0) is 38.2. The number of carbonyl (C=O) groups excluding carboxylic acids is 1. The van der Waals surface area contributed by atoms with Crippen molar-refractivity contribution >= 4 is 13.7 Å². The van der Waals surface area contributed by atoms with Gasteiger partial charge in [0.2, 0.25) is 5.91 Å². The fourth-order valence-electron chi connectivity index (χ4n) is 5.65. The van der Waals surface area contributed by atoms with Crippen LogP contribution in [0.3, 0.4) is 0 Å². The molecule has 0 heterocycles. The summed E-state index contributed by atoms with van der Waals surface area (Å²) in [5.74, 6) is -0.259. The number of aliphatic hydroxyl groups is 3. The van der Waals surface area contributed by atoms with Crippen molar-refractivity contribution in [1.29, 1.82) is 0 Å². The molecule has 0 radical (unpaired) electrons. The molecular formula is C40H80N2O8P+. The van der Waals surface area contributed by atoms with Gasteiger partial charge in [-0.2, -0.15) is 0 Å². The quantitative estimate of drug-likeness (QED) is 0.0186. The molecule has 51 heavy (non-hydrogen) atoms. The minimum Gasteiger partial charge on any atom is -0.390 e. The van der Waals surface area contributed by atoms with Crippen LogP contribution < -0.4 is 5.32 Å². The second-order valence-corrected chi connectivity index (χ2v) is 16.8. The Morgan fingerprint density at radius 2 is 1.24 bits per heavy atom. The summed E-state index contributed by atoms with van der Waals surface area (Å²) in [7, 11) is 1.47. The summed E-state index contributed by atoms with van der Waals surface area (Å²) >= 11 is 0. The molecular weight excluding hydrogens is 667 g/mol. The lowest BCUT2D eigenvalue weighted by Crippen LogP contribution is -2.45. The van der Waals surface area contributed by atoms with E-state index in [1.165, 1.54) is 64.2 Å². The van der Waals surface area contributed by atoms with Crippen LogP contribution in [0, 0.1) is 0 Å². The van der Waals surface area contributed by atoms with Gasteiger partial charge in [-0.1, -0.05) is 134 Å². The van der Waals surface area contributed by atoms with Gasteiger partial charge in [0, 0.05) is 6.42 Å². The topological polar surface area (TPSA) is 146 Å². The Hall–Kier alpha value is -1.10. The number of unbranched alkanes of at least 4 members (excludes halogenated alkanes) is 17. The second-order valence-electron chi connectivity index (χ2n) is 15.3. The summed E-state index contributed by atoms with van der Waals surface area (Å²) in [6, 6.07) is -0.900. The van der Waals surface area contributed by atoms with Crippen LogP contribution in [0.1, 0.15) is 162 Å². The van der Waals surface area contributed by atoms with Crippen molar-refractivity contribution in [2.45, 2.75) is 186 Å². The first kappa shape index (κ1) is 49.9. The molecule has 1 amide bonds. The van der Waals surface area contributed by atoms with Crippen molar-refractivity contribution in [1.82, 2.24) is 5.32 Å². The maximum absolute atomic E-state index is 12.8. The number of quaternary nitrogens is 1.